The number of benzene rings is 1. The summed E-state index contributed by atoms with van der Waals surface area (Å²) in [5.74, 6) is -1.68. The van der Waals surface area contributed by atoms with Gasteiger partial charge in [0.25, 0.3) is 5.91 Å². The lowest BCUT2D eigenvalue weighted by atomic mass is 10.2. The van der Waals surface area contributed by atoms with E-state index in [9.17, 15) is 14.7 Å². The molecule has 1 rings (SSSR count). The van der Waals surface area contributed by atoms with Gasteiger partial charge in [-0.25, -0.2) is 0 Å². The minimum Gasteiger partial charge on any atom is -0.507 e. The molecule has 0 aliphatic rings. The van der Waals surface area contributed by atoms with E-state index in [-0.39, 0.29) is 17.9 Å². The van der Waals surface area contributed by atoms with Crippen molar-refractivity contribution in [1.29, 1.82) is 0 Å². The highest BCUT2D eigenvalue weighted by Crippen LogP contribution is 2.14. The van der Waals surface area contributed by atoms with Crippen molar-refractivity contribution in [3.63, 3.8) is 0 Å². The average Bonchev–Trinajstić information content (AvgIpc) is 2.25. The average molecular weight is 224 g/mol. The molecule has 2 amide bonds. The molecule has 0 aliphatic heterocycles. The number of hydrogen-bond donors (Lipinski definition) is 4. The van der Waals surface area contributed by atoms with E-state index < -0.39 is 17.9 Å². The molecule has 0 aromatic heterocycles. The first-order chi connectivity index (χ1) is 7.52. The van der Waals surface area contributed by atoms with Gasteiger partial charge < -0.3 is 21.3 Å². The summed E-state index contributed by atoms with van der Waals surface area (Å²) in [5, 5.41) is 20.7. The van der Waals surface area contributed by atoms with E-state index in [1.54, 1.807) is 12.1 Å². The van der Waals surface area contributed by atoms with E-state index in [2.05, 4.69) is 5.32 Å². The third-order valence-corrected chi connectivity index (χ3v) is 1.93. The second-order valence-corrected chi connectivity index (χ2v) is 3.15. The van der Waals surface area contributed by atoms with Crippen LogP contribution in [-0.2, 0) is 4.79 Å². The van der Waals surface area contributed by atoms with Gasteiger partial charge in [0.2, 0.25) is 5.91 Å². The fourth-order valence-electron chi connectivity index (χ4n) is 1.05. The third kappa shape index (κ3) is 2.96. The Kier molecular flexibility index (Phi) is 3.84. The summed E-state index contributed by atoms with van der Waals surface area (Å²) in [5.41, 5.74) is 4.87. The molecule has 0 aliphatic carbocycles. The van der Waals surface area contributed by atoms with Crippen molar-refractivity contribution >= 4 is 11.8 Å². The van der Waals surface area contributed by atoms with E-state index in [1.807, 2.05) is 0 Å². The molecule has 0 saturated heterocycles. The molecule has 1 unspecified atom stereocenters. The molecule has 6 heteroatoms. The Morgan fingerprint density at radius 2 is 2.00 bits per heavy atom. The van der Waals surface area contributed by atoms with Gasteiger partial charge in [0.1, 0.15) is 11.9 Å². The van der Waals surface area contributed by atoms with Gasteiger partial charge in [-0.05, 0) is 12.1 Å². The monoisotopic (exact) mass is 224 g/mol. The lowest BCUT2D eigenvalue weighted by Crippen LogP contribution is -2.39. The van der Waals surface area contributed by atoms with Crippen LogP contribution in [0.2, 0.25) is 0 Å². The smallest absolute Gasteiger partial charge is 0.255 e. The minimum atomic E-state index is -1.44. The summed E-state index contributed by atoms with van der Waals surface area (Å²) < 4.78 is 0. The second kappa shape index (κ2) is 5.13. The van der Waals surface area contributed by atoms with Gasteiger partial charge >= 0.3 is 0 Å². The van der Waals surface area contributed by atoms with Crippen LogP contribution in [0.1, 0.15) is 10.4 Å². The number of primary amides is 1. The second-order valence-electron chi connectivity index (χ2n) is 3.15. The number of carbonyl (C=O) groups is 2. The number of nitrogens with one attached hydrogen (secondary N) is 1. The highest BCUT2D eigenvalue weighted by molar-refractivity contribution is 5.97. The van der Waals surface area contributed by atoms with Crippen LogP contribution in [0, 0.1) is 0 Å². The molecule has 0 saturated carbocycles. The van der Waals surface area contributed by atoms with Crippen LogP contribution >= 0.6 is 0 Å². The van der Waals surface area contributed by atoms with E-state index >= 15 is 0 Å². The van der Waals surface area contributed by atoms with Crippen molar-refractivity contribution < 1.29 is 19.8 Å². The van der Waals surface area contributed by atoms with Crippen LogP contribution in [0.25, 0.3) is 0 Å². The zero-order valence-electron chi connectivity index (χ0n) is 8.38. The van der Waals surface area contributed by atoms with Crippen molar-refractivity contribution in [2.45, 2.75) is 6.10 Å². The van der Waals surface area contributed by atoms with Crippen LogP contribution in [0.4, 0.5) is 0 Å². The van der Waals surface area contributed by atoms with Crippen LogP contribution in [0.3, 0.4) is 0 Å². The lowest BCUT2D eigenvalue weighted by molar-refractivity contribution is -0.125. The molecule has 0 bridgehead atoms. The molecular formula is C10H12N2O4. The van der Waals surface area contributed by atoms with Crippen molar-refractivity contribution in [3.05, 3.63) is 29.8 Å². The van der Waals surface area contributed by atoms with Crippen molar-refractivity contribution in [1.82, 2.24) is 5.32 Å². The molecule has 1 aromatic carbocycles. The number of amides is 2. The molecular weight excluding hydrogens is 212 g/mol. The molecule has 1 atom stereocenters. The Labute approximate surface area is 91.7 Å². The number of carbonyl (C=O) groups excluding carboxylic acids is 2. The van der Waals surface area contributed by atoms with Gasteiger partial charge in [0.05, 0.1) is 12.1 Å². The SMILES string of the molecule is NC(=O)C(O)CNC(=O)c1ccccc1O. The topological polar surface area (TPSA) is 113 Å². The van der Waals surface area contributed by atoms with E-state index in [1.165, 1.54) is 12.1 Å². The van der Waals surface area contributed by atoms with Crippen LogP contribution in [0.5, 0.6) is 5.75 Å². The lowest BCUT2D eigenvalue weighted by Gasteiger charge is -2.09. The van der Waals surface area contributed by atoms with Crippen molar-refractivity contribution in [2.24, 2.45) is 5.73 Å². The fourth-order valence-corrected chi connectivity index (χ4v) is 1.05. The summed E-state index contributed by atoms with van der Waals surface area (Å²) in [7, 11) is 0. The minimum absolute atomic E-state index is 0.0687. The number of nitrogens with two attached hydrogens (primary N) is 1. The highest BCUT2D eigenvalue weighted by Gasteiger charge is 2.14. The Morgan fingerprint density at radius 1 is 1.38 bits per heavy atom. The number of aliphatic hydroxyl groups is 1. The zero-order valence-corrected chi connectivity index (χ0v) is 8.38. The highest BCUT2D eigenvalue weighted by atomic mass is 16.3. The van der Waals surface area contributed by atoms with Crippen LogP contribution in [-0.4, -0.2) is 34.7 Å². The number of aromatic hydroxyl groups is 1. The molecule has 5 N–H and O–H groups in total. The quantitative estimate of drug-likeness (QED) is 0.523. The van der Waals surface area contributed by atoms with E-state index in [0.717, 1.165) is 0 Å². The summed E-state index contributed by atoms with van der Waals surface area (Å²) in [6.07, 6.45) is -1.44. The van der Waals surface area contributed by atoms with Gasteiger partial charge in [0, 0.05) is 0 Å². The van der Waals surface area contributed by atoms with Gasteiger partial charge in [-0.1, -0.05) is 12.1 Å². The number of hydrogen-bond acceptors (Lipinski definition) is 4. The van der Waals surface area contributed by atoms with Crippen LogP contribution in [0.15, 0.2) is 24.3 Å². The van der Waals surface area contributed by atoms with Crippen LogP contribution < -0.4 is 11.1 Å². The van der Waals surface area contributed by atoms with E-state index in [4.69, 9.17) is 10.8 Å². The Bertz CT molecular complexity index is 406. The van der Waals surface area contributed by atoms with E-state index in [0.29, 0.717) is 0 Å². The number of para-hydroxylation sites is 1. The summed E-state index contributed by atoms with van der Waals surface area (Å²) in [6, 6.07) is 5.93. The van der Waals surface area contributed by atoms with Crippen molar-refractivity contribution in [3.8, 4) is 5.75 Å². The number of phenolic OH excluding ortho intramolecular Hbond substituents is 1. The summed E-state index contributed by atoms with van der Waals surface area (Å²) >= 11 is 0. The summed E-state index contributed by atoms with van der Waals surface area (Å²) in [4.78, 5) is 21.9. The Balaban J connectivity index is 2.60. The zero-order chi connectivity index (χ0) is 12.1. The predicted octanol–water partition coefficient (Wildman–Crippen LogP) is -1.03. The molecule has 0 heterocycles. The Morgan fingerprint density at radius 3 is 2.56 bits per heavy atom. The normalized spacial score (nSPS) is 11.8. The molecule has 0 fully saturated rings. The first-order valence-electron chi connectivity index (χ1n) is 4.56. The van der Waals surface area contributed by atoms with Gasteiger partial charge in [-0.2, -0.15) is 0 Å². The maximum absolute atomic E-state index is 11.5. The standard InChI is InChI=1S/C10H12N2O4/c11-9(15)8(14)5-12-10(16)6-3-1-2-4-7(6)13/h1-4,8,13-14H,5H2,(H2,11,15)(H,12,16). The first-order valence-corrected chi connectivity index (χ1v) is 4.56. The molecule has 16 heavy (non-hydrogen) atoms. The maximum Gasteiger partial charge on any atom is 0.255 e. The third-order valence-electron chi connectivity index (χ3n) is 1.93. The molecule has 0 spiro atoms. The first kappa shape index (κ1) is 12.0. The number of aliphatic hydroxyl groups excluding tert-OH is 1. The van der Waals surface area contributed by atoms with Gasteiger partial charge in [0.15, 0.2) is 0 Å². The number of rotatable bonds is 4. The molecule has 0 radical (unpaired) electrons. The maximum atomic E-state index is 11.5. The van der Waals surface area contributed by atoms with Crippen molar-refractivity contribution in [2.75, 3.05) is 6.54 Å². The Hall–Kier alpha value is -2.08. The number of phenols is 1. The molecule has 6 nitrogen and oxygen atoms in total. The fraction of sp³-hybridized carbons (Fsp3) is 0.200. The predicted molar refractivity (Wildman–Crippen MR) is 55.6 cm³/mol. The van der Waals surface area contributed by atoms with Gasteiger partial charge in [-0.15, -0.1) is 0 Å². The molecule has 86 valence electrons. The van der Waals surface area contributed by atoms with Gasteiger partial charge in [-0.3, -0.25) is 9.59 Å². The molecule has 1 aromatic rings. The summed E-state index contributed by atoms with van der Waals surface area (Å²) in [6.45, 7) is -0.289. The largest absolute Gasteiger partial charge is 0.507 e.